The molecular weight excluding hydrogens is 815 g/mol. The third-order valence-electron chi connectivity index (χ3n) is 11.2. The van der Waals surface area contributed by atoms with Crippen LogP contribution in [0, 0.1) is 17.2 Å². The van der Waals surface area contributed by atoms with Gasteiger partial charge in [0.15, 0.2) is 5.60 Å². The normalized spacial score (nSPS) is 12.8. The van der Waals surface area contributed by atoms with Gasteiger partial charge in [-0.15, -0.1) is 0 Å². The molecule has 11 heteroatoms. The van der Waals surface area contributed by atoms with Gasteiger partial charge in [-0.05, 0) is 101 Å². The van der Waals surface area contributed by atoms with Crippen LogP contribution < -0.4 is 19.5 Å². The molecule has 0 aliphatic carbocycles. The van der Waals surface area contributed by atoms with Gasteiger partial charge in [0.25, 0.3) is 0 Å². The lowest BCUT2D eigenvalue weighted by Crippen LogP contribution is -2.37. The van der Waals surface area contributed by atoms with E-state index in [1.165, 1.54) is 0 Å². The molecule has 62 heavy (non-hydrogen) atoms. The summed E-state index contributed by atoms with van der Waals surface area (Å²) < 4.78 is 34.5. The van der Waals surface area contributed by atoms with E-state index in [1.807, 2.05) is 91.0 Å². The van der Waals surface area contributed by atoms with Crippen molar-refractivity contribution in [1.29, 1.82) is 5.26 Å². The largest absolute Gasteiger partial charge is 0.497 e. The molecule has 9 nitrogen and oxygen atoms in total. The Labute approximate surface area is 374 Å². The summed E-state index contributed by atoms with van der Waals surface area (Å²) >= 11 is 6.43. The molecule has 0 aliphatic heterocycles. The number of hydrogen-bond donors (Lipinski definition) is 1. The van der Waals surface area contributed by atoms with Gasteiger partial charge in [0, 0.05) is 51.7 Å². The van der Waals surface area contributed by atoms with Crippen molar-refractivity contribution in [2.24, 2.45) is 5.92 Å². The lowest BCUT2D eigenvalue weighted by atomic mass is 9.79. The molecule has 6 aromatic rings. The Kier molecular flexibility index (Phi) is 16.8. The molecule has 0 radical (unpaired) electrons. The number of hydrogen-bond acceptors (Lipinski definition) is 9. The van der Waals surface area contributed by atoms with E-state index >= 15 is 0 Å². The maximum atomic E-state index is 9.51. The lowest BCUT2D eigenvalue weighted by molar-refractivity contribution is -0.00938. The minimum Gasteiger partial charge on any atom is -0.497 e. The Bertz CT molecular complexity index is 2350. The number of nitrogens with one attached hydrogen (secondary N) is 1. The molecule has 1 heterocycles. The minimum atomic E-state index is -1.09. The number of methoxy groups -OCH3 is 3. The molecule has 1 N–H and O–H groups in total. The van der Waals surface area contributed by atoms with E-state index in [0.717, 1.165) is 81.9 Å². The van der Waals surface area contributed by atoms with Gasteiger partial charge in [0.2, 0.25) is 0 Å². The molecule has 0 amide bonds. The van der Waals surface area contributed by atoms with Crippen molar-refractivity contribution >= 4 is 47.4 Å². The molecule has 1 aromatic heterocycles. The zero-order chi connectivity index (χ0) is 44.1. The number of rotatable bonds is 23. The summed E-state index contributed by atoms with van der Waals surface area (Å²) in [6.07, 6.45) is 3.84. The van der Waals surface area contributed by atoms with Gasteiger partial charge in [0.05, 0.1) is 63.8 Å². The number of para-hydroxylation sites is 2. The smallest absolute Gasteiger partial charge is 0.150 e. The predicted octanol–water partition coefficient (Wildman–Crippen LogP) is 12.6. The Morgan fingerprint density at radius 1 is 0.758 bits per heavy atom. The van der Waals surface area contributed by atoms with Crippen molar-refractivity contribution in [2.75, 3.05) is 52.6 Å². The van der Waals surface area contributed by atoms with Crippen molar-refractivity contribution < 1.29 is 23.5 Å². The standard InChI is InChI=1S/C51H60ClN4O5P/c1-36(2)56(37(3)4)62(61-31-17-29-53)35-38(18-15-16-30-54-50-42-27-25-40(52)32-47(42)55-46-28-26-41(57-5)33-43(46)50)34-60-51(39-19-9-8-10-20-39,44-21-11-13-23-48(44)58-6)45-22-12-14-24-49(45)59-7/h8-14,19-28,32-33,36-38H,15-18,30-31,34-35H2,1-7H3,(H,54,55). The third-order valence-corrected chi connectivity index (χ3v) is 14.1. The molecule has 0 aliphatic rings. The molecule has 0 fully saturated rings. The Hall–Kier alpha value is -4.94. The van der Waals surface area contributed by atoms with Crippen LogP contribution in [-0.4, -0.2) is 69.0 Å². The fourth-order valence-corrected chi connectivity index (χ4v) is 11.1. The van der Waals surface area contributed by atoms with Gasteiger partial charge in [-0.1, -0.05) is 84.8 Å². The zero-order valence-corrected chi connectivity index (χ0v) is 38.7. The van der Waals surface area contributed by atoms with Crippen LogP contribution in [0.5, 0.6) is 17.2 Å². The number of anilines is 1. The topological polar surface area (TPSA) is 98.1 Å². The van der Waals surface area contributed by atoms with Crippen molar-refractivity contribution in [3.63, 3.8) is 0 Å². The van der Waals surface area contributed by atoms with Crippen LogP contribution in [0.25, 0.3) is 21.8 Å². The second kappa shape index (κ2) is 22.4. The fourth-order valence-electron chi connectivity index (χ4n) is 8.44. The maximum absolute atomic E-state index is 9.51. The summed E-state index contributed by atoms with van der Waals surface area (Å²) in [6, 6.07) is 41.1. The van der Waals surface area contributed by atoms with E-state index < -0.39 is 13.9 Å². The number of halogens is 1. The molecule has 326 valence electrons. The summed E-state index contributed by atoms with van der Waals surface area (Å²) in [5.74, 6) is 2.30. The van der Waals surface area contributed by atoms with Crippen LogP contribution in [0.4, 0.5) is 5.69 Å². The summed E-state index contributed by atoms with van der Waals surface area (Å²) in [4.78, 5) is 4.92. The SMILES string of the molecule is COc1ccc2nc3cc(Cl)ccc3c(NCCCCC(COC(c3ccccc3)(c3ccccc3OC)c3ccccc3OC)CP(OCCC#N)N(C(C)C)C(C)C)c2c1. The van der Waals surface area contributed by atoms with Crippen molar-refractivity contribution in [2.45, 2.75) is 71.1 Å². The third kappa shape index (κ3) is 10.8. The van der Waals surface area contributed by atoms with Gasteiger partial charge < -0.3 is 28.8 Å². The van der Waals surface area contributed by atoms with Crippen LogP contribution in [-0.2, 0) is 14.9 Å². The predicted molar refractivity (Wildman–Crippen MR) is 255 cm³/mol. The number of benzene rings is 5. The molecule has 6 rings (SSSR count). The zero-order valence-electron chi connectivity index (χ0n) is 37.1. The van der Waals surface area contributed by atoms with Gasteiger partial charge in [-0.2, -0.15) is 5.26 Å². The maximum Gasteiger partial charge on any atom is 0.150 e. The summed E-state index contributed by atoms with van der Waals surface area (Å²) in [5.41, 5.74) is 4.37. The van der Waals surface area contributed by atoms with E-state index in [4.69, 9.17) is 40.1 Å². The monoisotopic (exact) mass is 874 g/mol. The number of aromatic nitrogens is 1. The van der Waals surface area contributed by atoms with Crippen molar-refractivity contribution in [1.82, 2.24) is 9.65 Å². The molecule has 2 unspecified atom stereocenters. The number of pyridine rings is 1. The Morgan fingerprint density at radius 2 is 1.42 bits per heavy atom. The Balaban J connectivity index is 1.36. The number of unbranched alkanes of at least 4 members (excludes halogenated alkanes) is 1. The summed E-state index contributed by atoms with van der Waals surface area (Å²) in [7, 11) is 4.01. The van der Waals surface area contributed by atoms with Gasteiger partial charge in [0.1, 0.15) is 25.5 Å². The highest BCUT2D eigenvalue weighted by molar-refractivity contribution is 7.50. The number of ether oxygens (including phenoxy) is 4. The molecule has 2 atom stereocenters. The number of nitrogens with zero attached hydrogens (tertiary/aromatic N) is 3. The van der Waals surface area contributed by atoms with Crippen molar-refractivity contribution in [3.8, 4) is 23.3 Å². The second-order valence-corrected chi connectivity index (χ2v) is 18.1. The molecular formula is C51H60ClN4O5P. The van der Waals surface area contributed by atoms with E-state index in [2.05, 4.69) is 68.0 Å². The highest BCUT2D eigenvalue weighted by atomic mass is 35.5. The first kappa shape index (κ1) is 46.6. The van der Waals surface area contributed by atoms with Crippen LogP contribution >= 0.6 is 19.9 Å². The average molecular weight is 875 g/mol. The van der Waals surface area contributed by atoms with Crippen LogP contribution in [0.3, 0.4) is 0 Å². The molecule has 0 saturated heterocycles. The number of fused-ring (bicyclic) bond motifs is 2. The first-order chi connectivity index (χ1) is 30.1. The van der Waals surface area contributed by atoms with E-state index in [1.54, 1.807) is 21.3 Å². The summed E-state index contributed by atoms with van der Waals surface area (Å²) in [5, 5.41) is 15.9. The number of nitriles is 1. The van der Waals surface area contributed by atoms with Gasteiger partial charge in [-0.3, -0.25) is 4.67 Å². The van der Waals surface area contributed by atoms with E-state index in [9.17, 15) is 5.26 Å². The highest BCUT2D eigenvalue weighted by Gasteiger charge is 2.43. The van der Waals surface area contributed by atoms with Crippen LogP contribution in [0.15, 0.2) is 115 Å². The average Bonchev–Trinajstić information content (AvgIpc) is 3.28. The van der Waals surface area contributed by atoms with Gasteiger partial charge >= 0.3 is 0 Å². The van der Waals surface area contributed by atoms with Crippen LogP contribution in [0.2, 0.25) is 5.02 Å². The van der Waals surface area contributed by atoms with Crippen LogP contribution in [0.1, 0.15) is 70.1 Å². The summed E-state index contributed by atoms with van der Waals surface area (Å²) in [6.45, 7) is 10.4. The minimum absolute atomic E-state index is 0.0877. The lowest BCUT2D eigenvalue weighted by Gasteiger charge is -2.41. The van der Waals surface area contributed by atoms with E-state index in [-0.39, 0.29) is 18.0 Å². The molecule has 0 spiro atoms. The van der Waals surface area contributed by atoms with Crippen molar-refractivity contribution in [3.05, 3.63) is 137 Å². The fraction of sp³-hybridized carbons (Fsp3) is 0.373. The highest BCUT2D eigenvalue weighted by Crippen LogP contribution is 2.50. The molecule has 0 bridgehead atoms. The Morgan fingerprint density at radius 3 is 2.05 bits per heavy atom. The van der Waals surface area contributed by atoms with E-state index in [0.29, 0.717) is 36.2 Å². The van der Waals surface area contributed by atoms with Gasteiger partial charge in [-0.25, -0.2) is 4.98 Å². The molecule has 5 aromatic carbocycles. The first-order valence-electron chi connectivity index (χ1n) is 21.5. The first-order valence-corrected chi connectivity index (χ1v) is 23.3. The molecule has 0 saturated carbocycles. The second-order valence-electron chi connectivity index (χ2n) is 15.9. The quantitative estimate of drug-likeness (QED) is 0.0292.